The van der Waals surface area contributed by atoms with Crippen molar-refractivity contribution in [2.45, 2.75) is 6.10 Å². The zero-order valence-corrected chi connectivity index (χ0v) is 11.7. The number of ether oxygens (including phenoxy) is 2. The normalized spacial score (nSPS) is 21.0. The molecule has 1 atom stereocenters. The van der Waals surface area contributed by atoms with E-state index in [2.05, 4.69) is 11.7 Å². The third-order valence-corrected chi connectivity index (χ3v) is 3.50. The third-order valence-electron chi connectivity index (χ3n) is 3.50. The average molecular weight is 307 g/mol. The second-order valence-corrected chi connectivity index (χ2v) is 4.92. The van der Waals surface area contributed by atoms with Crippen LogP contribution in [0.5, 0.6) is 0 Å². The Morgan fingerprint density at radius 3 is 2.77 bits per heavy atom. The highest BCUT2D eigenvalue weighted by molar-refractivity contribution is 5.92. The standard InChI is InChI=1S/C14H14FN3O4/c1-16-7-10-8-18(14(20)22-10)12-3-2-9(6-11(12)15)17-4-5-21-13(17)19/h2-3,6,10H,1,4-5,7-8H2/t10-/m0/s1. The number of anilines is 2. The molecule has 0 unspecified atom stereocenters. The first-order valence-electron chi connectivity index (χ1n) is 6.74. The molecule has 7 nitrogen and oxygen atoms in total. The van der Waals surface area contributed by atoms with Crippen LogP contribution in [0.1, 0.15) is 0 Å². The number of rotatable bonds is 4. The molecule has 0 bridgehead atoms. The second-order valence-electron chi connectivity index (χ2n) is 4.92. The summed E-state index contributed by atoms with van der Waals surface area (Å²) in [5, 5.41) is 0. The maximum absolute atomic E-state index is 14.3. The lowest BCUT2D eigenvalue weighted by atomic mass is 10.2. The molecule has 2 aliphatic rings. The number of hydrogen-bond acceptors (Lipinski definition) is 5. The lowest BCUT2D eigenvalue weighted by Gasteiger charge is -2.17. The van der Waals surface area contributed by atoms with E-state index in [-0.39, 0.29) is 25.4 Å². The zero-order valence-electron chi connectivity index (χ0n) is 11.7. The van der Waals surface area contributed by atoms with Crippen molar-refractivity contribution in [3.8, 4) is 0 Å². The van der Waals surface area contributed by atoms with E-state index in [4.69, 9.17) is 9.47 Å². The zero-order chi connectivity index (χ0) is 15.7. The molecule has 2 saturated heterocycles. The Labute approximate surface area is 125 Å². The minimum absolute atomic E-state index is 0.105. The molecule has 1 aromatic rings. The van der Waals surface area contributed by atoms with Crippen LogP contribution in [0.4, 0.5) is 25.4 Å². The van der Waals surface area contributed by atoms with Gasteiger partial charge in [0.15, 0.2) is 0 Å². The summed E-state index contributed by atoms with van der Waals surface area (Å²) in [6, 6.07) is 4.22. The molecule has 2 fully saturated rings. The van der Waals surface area contributed by atoms with Crippen molar-refractivity contribution in [1.29, 1.82) is 0 Å². The van der Waals surface area contributed by atoms with Crippen molar-refractivity contribution in [3.05, 3.63) is 24.0 Å². The molecule has 2 heterocycles. The molecule has 0 spiro atoms. The number of halogens is 1. The summed E-state index contributed by atoms with van der Waals surface area (Å²) in [7, 11) is 0. The van der Waals surface area contributed by atoms with Crippen molar-refractivity contribution in [2.24, 2.45) is 4.99 Å². The highest BCUT2D eigenvalue weighted by Gasteiger charge is 2.34. The van der Waals surface area contributed by atoms with Crippen molar-refractivity contribution >= 4 is 30.3 Å². The molecule has 1 aromatic carbocycles. The maximum atomic E-state index is 14.3. The van der Waals surface area contributed by atoms with Gasteiger partial charge < -0.3 is 9.47 Å². The molecule has 22 heavy (non-hydrogen) atoms. The summed E-state index contributed by atoms with van der Waals surface area (Å²) in [6.07, 6.45) is -1.57. The van der Waals surface area contributed by atoms with Gasteiger partial charge in [0.1, 0.15) is 18.5 Å². The van der Waals surface area contributed by atoms with Crippen LogP contribution in [0.25, 0.3) is 0 Å². The lowest BCUT2D eigenvalue weighted by Crippen LogP contribution is -2.27. The highest BCUT2D eigenvalue weighted by atomic mass is 19.1. The molecule has 0 aliphatic carbocycles. The van der Waals surface area contributed by atoms with Crippen LogP contribution in [0.15, 0.2) is 23.2 Å². The molecule has 8 heteroatoms. The van der Waals surface area contributed by atoms with E-state index >= 15 is 0 Å². The molecule has 2 aliphatic heterocycles. The van der Waals surface area contributed by atoms with Crippen molar-refractivity contribution < 1.29 is 23.5 Å². The van der Waals surface area contributed by atoms with Gasteiger partial charge in [-0.3, -0.25) is 14.8 Å². The van der Waals surface area contributed by atoms with Gasteiger partial charge in [0, 0.05) is 0 Å². The monoisotopic (exact) mass is 307 g/mol. The van der Waals surface area contributed by atoms with Crippen molar-refractivity contribution in [3.63, 3.8) is 0 Å². The number of nitrogens with zero attached hydrogens (tertiary/aromatic N) is 3. The van der Waals surface area contributed by atoms with Crippen LogP contribution >= 0.6 is 0 Å². The van der Waals surface area contributed by atoms with Gasteiger partial charge in [-0.25, -0.2) is 14.0 Å². The van der Waals surface area contributed by atoms with Gasteiger partial charge in [0.25, 0.3) is 0 Å². The summed E-state index contributed by atoms with van der Waals surface area (Å²) >= 11 is 0. The maximum Gasteiger partial charge on any atom is 0.414 e. The Hall–Kier alpha value is -2.64. The quantitative estimate of drug-likeness (QED) is 0.795. The smallest absolute Gasteiger partial charge is 0.414 e. The first-order chi connectivity index (χ1) is 10.6. The Balaban J connectivity index is 1.82. The third kappa shape index (κ3) is 2.47. The van der Waals surface area contributed by atoms with Crippen molar-refractivity contribution in [1.82, 2.24) is 0 Å². The van der Waals surface area contributed by atoms with Crippen molar-refractivity contribution in [2.75, 3.05) is 36.0 Å². The molecule has 0 aromatic heterocycles. The minimum atomic E-state index is -0.624. The van der Waals surface area contributed by atoms with Crippen LogP contribution in [0.3, 0.4) is 0 Å². The fraction of sp³-hybridized carbons (Fsp3) is 0.357. The topological polar surface area (TPSA) is 71.4 Å². The Kier molecular flexibility index (Phi) is 3.66. The van der Waals surface area contributed by atoms with Gasteiger partial charge in [0.2, 0.25) is 0 Å². The van der Waals surface area contributed by atoms with Crippen LogP contribution < -0.4 is 9.80 Å². The molecule has 0 N–H and O–H groups in total. The molecule has 0 radical (unpaired) electrons. The van der Waals surface area contributed by atoms with Gasteiger partial charge in [-0.1, -0.05) is 0 Å². The van der Waals surface area contributed by atoms with Crippen LogP contribution in [0.2, 0.25) is 0 Å². The predicted molar refractivity (Wildman–Crippen MR) is 77.1 cm³/mol. The summed E-state index contributed by atoms with van der Waals surface area (Å²) in [5.41, 5.74) is 0.494. The van der Waals surface area contributed by atoms with Gasteiger partial charge in [-0.2, -0.15) is 0 Å². The van der Waals surface area contributed by atoms with E-state index in [9.17, 15) is 14.0 Å². The fourth-order valence-electron chi connectivity index (χ4n) is 2.47. The summed E-state index contributed by atoms with van der Waals surface area (Å²) < 4.78 is 24.2. The van der Waals surface area contributed by atoms with E-state index in [0.717, 1.165) is 0 Å². The van der Waals surface area contributed by atoms with E-state index in [1.165, 1.54) is 21.9 Å². The summed E-state index contributed by atoms with van der Waals surface area (Å²) in [4.78, 5) is 29.5. The average Bonchev–Trinajstić information content (AvgIpc) is 3.05. The van der Waals surface area contributed by atoms with E-state index in [1.807, 2.05) is 0 Å². The largest absolute Gasteiger partial charge is 0.447 e. The molecule has 3 rings (SSSR count). The molecular formula is C14H14FN3O4. The van der Waals surface area contributed by atoms with Crippen LogP contribution in [-0.4, -0.2) is 51.2 Å². The van der Waals surface area contributed by atoms with Crippen LogP contribution in [-0.2, 0) is 9.47 Å². The van der Waals surface area contributed by atoms with E-state index in [1.54, 1.807) is 6.07 Å². The molecule has 2 amide bonds. The Morgan fingerprint density at radius 2 is 2.14 bits per heavy atom. The number of aliphatic imine (C=N–C) groups is 1. The van der Waals surface area contributed by atoms with Gasteiger partial charge in [0.05, 0.1) is 31.0 Å². The summed E-state index contributed by atoms with van der Waals surface area (Å²) in [6.45, 7) is 4.46. The highest BCUT2D eigenvalue weighted by Crippen LogP contribution is 2.29. The molecule has 0 saturated carbocycles. The SMILES string of the molecule is C=NC[C@H]1CN(c2ccc(N3CCOC3=O)cc2F)C(=O)O1. The summed E-state index contributed by atoms with van der Waals surface area (Å²) in [5.74, 6) is -0.610. The number of benzene rings is 1. The first-order valence-corrected chi connectivity index (χ1v) is 6.74. The van der Waals surface area contributed by atoms with Gasteiger partial charge in [-0.05, 0) is 24.9 Å². The van der Waals surface area contributed by atoms with E-state index in [0.29, 0.717) is 12.2 Å². The fourth-order valence-corrected chi connectivity index (χ4v) is 2.47. The first kappa shape index (κ1) is 14.3. The Morgan fingerprint density at radius 1 is 1.32 bits per heavy atom. The second kappa shape index (κ2) is 5.63. The van der Waals surface area contributed by atoms with Gasteiger partial charge in [-0.15, -0.1) is 0 Å². The van der Waals surface area contributed by atoms with E-state index < -0.39 is 24.1 Å². The van der Waals surface area contributed by atoms with Crippen LogP contribution in [0, 0.1) is 5.82 Å². The molecular weight excluding hydrogens is 293 g/mol. The number of cyclic esters (lactones) is 2. The lowest BCUT2D eigenvalue weighted by molar-refractivity contribution is 0.145. The number of hydrogen-bond donors (Lipinski definition) is 0. The number of carbonyl (C=O) groups excluding carboxylic acids is 2. The predicted octanol–water partition coefficient (Wildman–Crippen LogP) is 1.81. The number of amides is 2. The Bertz CT molecular complexity index is 637. The molecule has 116 valence electrons. The number of carbonyl (C=O) groups is 2. The van der Waals surface area contributed by atoms with Gasteiger partial charge >= 0.3 is 12.2 Å². The minimum Gasteiger partial charge on any atom is -0.447 e.